The molecule has 128 valence electrons. The highest BCUT2D eigenvalue weighted by Crippen LogP contribution is 2.04. The SMILES string of the molecule is CCCCCCCCOCC(O)CNCCOCCCC. The fraction of sp³-hybridized carbons (Fsp3) is 1.00. The van der Waals surface area contributed by atoms with Gasteiger partial charge in [0, 0.05) is 26.3 Å². The van der Waals surface area contributed by atoms with Crippen molar-refractivity contribution in [3.63, 3.8) is 0 Å². The van der Waals surface area contributed by atoms with Crippen LogP contribution in [0.25, 0.3) is 0 Å². The van der Waals surface area contributed by atoms with Crippen molar-refractivity contribution < 1.29 is 14.6 Å². The van der Waals surface area contributed by atoms with Gasteiger partial charge in [0.05, 0.1) is 19.3 Å². The molecule has 0 fully saturated rings. The van der Waals surface area contributed by atoms with E-state index in [-0.39, 0.29) is 0 Å². The van der Waals surface area contributed by atoms with Crippen molar-refractivity contribution in [2.45, 2.75) is 71.3 Å². The Morgan fingerprint density at radius 2 is 1.48 bits per heavy atom. The molecular formula is C17H37NO3. The summed E-state index contributed by atoms with van der Waals surface area (Å²) in [5.74, 6) is 0. The third-order valence-corrected chi connectivity index (χ3v) is 3.40. The van der Waals surface area contributed by atoms with Crippen LogP contribution in [0.3, 0.4) is 0 Å². The van der Waals surface area contributed by atoms with Crippen molar-refractivity contribution in [1.82, 2.24) is 5.32 Å². The lowest BCUT2D eigenvalue weighted by Crippen LogP contribution is -2.32. The van der Waals surface area contributed by atoms with Gasteiger partial charge in [0.15, 0.2) is 0 Å². The van der Waals surface area contributed by atoms with Crippen LogP contribution in [-0.4, -0.2) is 50.7 Å². The first kappa shape index (κ1) is 20.8. The van der Waals surface area contributed by atoms with Crippen molar-refractivity contribution in [3.8, 4) is 0 Å². The predicted molar refractivity (Wildman–Crippen MR) is 88.8 cm³/mol. The number of unbranched alkanes of at least 4 members (excludes halogenated alkanes) is 6. The largest absolute Gasteiger partial charge is 0.389 e. The van der Waals surface area contributed by atoms with E-state index in [9.17, 15) is 5.11 Å². The number of ether oxygens (including phenoxy) is 2. The first-order chi connectivity index (χ1) is 10.3. The Morgan fingerprint density at radius 1 is 0.810 bits per heavy atom. The maximum absolute atomic E-state index is 9.73. The van der Waals surface area contributed by atoms with E-state index >= 15 is 0 Å². The van der Waals surface area contributed by atoms with Crippen LogP contribution < -0.4 is 5.32 Å². The molecule has 0 rings (SSSR count). The summed E-state index contributed by atoms with van der Waals surface area (Å²) in [4.78, 5) is 0. The molecule has 0 aliphatic heterocycles. The van der Waals surface area contributed by atoms with E-state index in [1.165, 1.54) is 38.5 Å². The van der Waals surface area contributed by atoms with Crippen molar-refractivity contribution in [1.29, 1.82) is 0 Å². The van der Waals surface area contributed by atoms with Gasteiger partial charge in [-0.05, 0) is 12.8 Å². The Kier molecular flexibility index (Phi) is 17.8. The maximum atomic E-state index is 9.73. The van der Waals surface area contributed by atoms with Gasteiger partial charge in [-0.3, -0.25) is 0 Å². The van der Waals surface area contributed by atoms with Gasteiger partial charge in [-0.2, -0.15) is 0 Å². The van der Waals surface area contributed by atoms with Gasteiger partial charge in [0.1, 0.15) is 0 Å². The Labute approximate surface area is 131 Å². The highest BCUT2D eigenvalue weighted by atomic mass is 16.5. The molecular weight excluding hydrogens is 266 g/mol. The fourth-order valence-electron chi connectivity index (χ4n) is 2.02. The quantitative estimate of drug-likeness (QED) is 0.405. The average Bonchev–Trinajstić information content (AvgIpc) is 2.49. The summed E-state index contributed by atoms with van der Waals surface area (Å²) >= 11 is 0. The molecule has 0 saturated carbocycles. The number of hydrogen-bond acceptors (Lipinski definition) is 4. The van der Waals surface area contributed by atoms with E-state index < -0.39 is 6.10 Å². The smallest absolute Gasteiger partial charge is 0.0897 e. The minimum absolute atomic E-state index is 0.416. The zero-order valence-electron chi connectivity index (χ0n) is 14.2. The number of hydrogen-bond donors (Lipinski definition) is 2. The Bertz CT molecular complexity index is 191. The van der Waals surface area contributed by atoms with Crippen molar-refractivity contribution in [2.24, 2.45) is 0 Å². The number of nitrogens with one attached hydrogen (secondary N) is 1. The van der Waals surface area contributed by atoms with Gasteiger partial charge in [-0.1, -0.05) is 52.4 Å². The van der Waals surface area contributed by atoms with Crippen LogP contribution in [0.2, 0.25) is 0 Å². The molecule has 21 heavy (non-hydrogen) atoms. The molecule has 0 heterocycles. The molecule has 2 N–H and O–H groups in total. The highest BCUT2D eigenvalue weighted by Gasteiger charge is 2.03. The standard InChI is InChI=1S/C17H37NO3/c1-3-5-7-8-9-10-13-21-16-17(19)15-18-11-14-20-12-6-4-2/h17-19H,3-16H2,1-2H3. The van der Waals surface area contributed by atoms with E-state index in [0.29, 0.717) is 19.8 Å². The zero-order chi connectivity index (χ0) is 15.6. The minimum Gasteiger partial charge on any atom is -0.389 e. The van der Waals surface area contributed by atoms with Crippen LogP contribution >= 0.6 is 0 Å². The fourth-order valence-corrected chi connectivity index (χ4v) is 2.02. The lowest BCUT2D eigenvalue weighted by atomic mass is 10.1. The van der Waals surface area contributed by atoms with Crippen molar-refractivity contribution >= 4 is 0 Å². The van der Waals surface area contributed by atoms with Crippen LogP contribution in [0.1, 0.15) is 65.2 Å². The summed E-state index contributed by atoms with van der Waals surface area (Å²) < 4.78 is 10.9. The molecule has 0 aromatic heterocycles. The Balaban J connectivity index is 3.11. The van der Waals surface area contributed by atoms with E-state index in [1.807, 2.05) is 0 Å². The summed E-state index contributed by atoms with van der Waals surface area (Å²) in [6.45, 7) is 8.50. The highest BCUT2D eigenvalue weighted by molar-refractivity contribution is 4.58. The lowest BCUT2D eigenvalue weighted by Gasteiger charge is -2.12. The van der Waals surface area contributed by atoms with Gasteiger partial charge in [0.2, 0.25) is 0 Å². The van der Waals surface area contributed by atoms with E-state index in [4.69, 9.17) is 9.47 Å². The van der Waals surface area contributed by atoms with E-state index in [2.05, 4.69) is 19.2 Å². The Hall–Kier alpha value is -0.160. The van der Waals surface area contributed by atoms with Crippen LogP contribution in [0.4, 0.5) is 0 Å². The molecule has 1 atom stereocenters. The van der Waals surface area contributed by atoms with Gasteiger partial charge < -0.3 is 19.9 Å². The maximum Gasteiger partial charge on any atom is 0.0897 e. The van der Waals surface area contributed by atoms with Gasteiger partial charge >= 0.3 is 0 Å². The Morgan fingerprint density at radius 3 is 2.24 bits per heavy atom. The summed E-state index contributed by atoms with van der Waals surface area (Å²) in [7, 11) is 0. The third-order valence-electron chi connectivity index (χ3n) is 3.40. The monoisotopic (exact) mass is 303 g/mol. The molecule has 0 aromatic rings. The minimum atomic E-state index is -0.416. The van der Waals surface area contributed by atoms with Crippen LogP contribution in [0.5, 0.6) is 0 Å². The summed E-state index contributed by atoms with van der Waals surface area (Å²) in [5, 5.41) is 12.9. The topological polar surface area (TPSA) is 50.7 Å². The second-order valence-corrected chi connectivity index (χ2v) is 5.67. The van der Waals surface area contributed by atoms with Gasteiger partial charge in [-0.25, -0.2) is 0 Å². The van der Waals surface area contributed by atoms with E-state index in [0.717, 1.165) is 32.6 Å². The second kappa shape index (κ2) is 17.9. The van der Waals surface area contributed by atoms with Crippen molar-refractivity contribution in [2.75, 3.05) is 39.5 Å². The molecule has 0 aliphatic rings. The van der Waals surface area contributed by atoms with Crippen LogP contribution in [-0.2, 0) is 9.47 Å². The molecule has 0 radical (unpaired) electrons. The first-order valence-corrected chi connectivity index (χ1v) is 8.85. The van der Waals surface area contributed by atoms with Crippen LogP contribution in [0.15, 0.2) is 0 Å². The number of aliphatic hydroxyl groups is 1. The van der Waals surface area contributed by atoms with Gasteiger partial charge in [-0.15, -0.1) is 0 Å². The molecule has 0 saturated heterocycles. The normalized spacial score (nSPS) is 12.7. The predicted octanol–water partition coefficient (Wildman–Crippen LogP) is 3.13. The number of aliphatic hydroxyl groups excluding tert-OH is 1. The summed E-state index contributed by atoms with van der Waals surface area (Å²) in [5.41, 5.74) is 0. The van der Waals surface area contributed by atoms with Gasteiger partial charge in [0.25, 0.3) is 0 Å². The molecule has 0 amide bonds. The van der Waals surface area contributed by atoms with Crippen molar-refractivity contribution in [3.05, 3.63) is 0 Å². The number of rotatable bonds is 17. The third kappa shape index (κ3) is 17.8. The average molecular weight is 303 g/mol. The summed E-state index contributed by atoms with van der Waals surface area (Å²) in [6.07, 6.45) is 9.49. The molecule has 4 nitrogen and oxygen atoms in total. The molecule has 0 aliphatic carbocycles. The van der Waals surface area contributed by atoms with E-state index in [1.54, 1.807) is 0 Å². The summed E-state index contributed by atoms with van der Waals surface area (Å²) in [6, 6.07) is 0. The van der Waals surface area contributed by atoms with Crippen LogP contribution in [0, 0.1) is 0 Å². The molecule has 0 bridgehead atoms. The molecule has 0 spiro atoms. The molecule has 4 heteroatoms. The zero-order valence-corrected chi connectivity index (χ0v) is 14.2. The first-order valence-electron chi connectivity index (χ1n) is 8.85. The second-order valence-electron chi connectivity index (χ2n) is 5.67. The lowest BCUT2D eigenvalue weighted by molar-refractivity contribution is 0.0342. The molecule has 0 aromatic carbocycles. The molecule has 1 unspecified atom stereocenters.